The third kappa shape index (κ3) is 2.49. The van der Waals surface area contributed by atoms with Crippen molar-refractivity contribution in [1.82, 2.24) is 15.2 Å². The number of nitrogens with one attached hydrogen (secondary N) is 1. The predicted molar refractivity (Wildman–Crippen MR) is 71.0 cm³/mol. The van der Waals surface area contributed by atoms with Crippen LogP contribution in [0.5, 0.6) is 0 Å². The van der Waals surface area contributed by atoms with Crippen LogP contribution in [0.25, 0.3) is 0 Å². The first kappa shape index (κ1) is 12.9. The Morgan fingerprint density at radius 2 is 2.44 bits per heavy atom. The Morgan fingerprint density at radius 1 is 1.61 bits per heavy atom. The molecule has 0 bridgehead atoms. The summed E-state index contributed by atoms with van der Waals surface area (Å²) < 4.78 is 0. The van der Waals surface area contributed by atoms with E-state index in [-0.39, 0.29) is 5.92 Å². The second-order valence-electron chi connectivity index (χ2n) is 4.15. The third-order valence-electron chi connectivity index (χ3n) is 3.06. The summed E-state index contributed by atoms with van der Waals surface area (Å²) in [5, 5.41) is 8.84. The zero-order chi connectivity index (χ0) is 13.0. The van der Waals surface area contributed by atoms with Crippen LogP contribution in [0.4, 0.5) is 0 Å². The Kier molecular flexibility index (Phi) is 4.22. The topological polar surface area (TPSA) is 84.7 Å². The van der Waals surface area contributed by atoms with E-state index in [1.165, 1.54) is 17.7 Å². The number of nitrogens with two attached hydrogens (primary N) is 1. The Bertz CT molecular complexity index is 506. The van der Waals surface area contributed by atoms with E-state index in [1.807, 2.05) is 12.3 Å². The van der Waals surface area contributed by atoms with E-state index in [1.54, 1.807) is 0 Å². The largest absolute Gasteiger partial charge is 0.330 e. The van der Waals surface area contributed by atoms with Crippen LogP contribution in [-0.2, 0) is 0 Å². The van der Waals surface area contributed by atoms with Gasteiger partial charge in [-0.05, 0) is 42.8 Å². The lowest BCUT2D eigenvalue weighted by Gasteiger charge is -2.14. The maximum atomic E-state index is 10.9. The molecule has 1 atom stereocenters. The van der Waals surface area contributed by atoms with Crippen LogP contribution in [0, 0.1) is 6.92 Å². The van der Waals surface area contributed by atoms with Crippen molar-refractivity contribution in [3.05, 3.63) is 33.5 Å². The summed E-state index contributed by atoms with van der Waals surface area (Å²) in [5.41, 5.74) is 7.76. The summed E-state index contributed by atoms with van der Waals surface area (Å²) in [6.45, 7) is 2.62. The lowest BCUT2D eigenvalue weighted by Crippen LogP contribution is -2.08. The van der Waals surface area contributed by atoms with Gasteiger partial charge in [-0.3, -0.25) is 9.89 Å². The van der Waals surface area contributed by atoms with Gasteiger partial charge < -0.3 is 5.73 Å². The molecule has 2 aromatic rings. The zero-order valence-electron chi connectivity index (χ0n) is 10.2. The number of thiophene rings is 1. The van der Waals surface area contributed by atoms with Crippen LogP contribution in [0.2, 0.25) is 0 Å². The molecule has 5 nitrogen and oxygen atoms in total. The minimum Gasteiger partial charge on any atom is -0.330 e. The lowest BCUT2D eigenvalue weighted by atomic mass is 9.92. The van der Waals surface area contributed by atoms with Crippen molar-refractivity contribution in [2.75, 3.05) is 6.54 Å². The molecule has 3 N–H and O–H groups in total. The number of aromatic nitrogens is 3. The predicted octanol–water partition coefficient (Wildman–Crippen LogP) is 1.86. The molecule has 0 aliphatic rings. The average molecular weight is 264 g/mol. The highest BCUT2D eigenvalue weighted by atomic mass is 32.1. The molecular weight excluding hydrogens is 248 g/mol. The molecule has 0 aliphatic carbocycles. The molecule has 6 heteroatoms. The summed E-state index contributed by atoms with van der Waals surface area (Å²) in [4.78, 5) is 15.9. The fraction of sp³-hybridized carbons (Fsp3) is 0.417. The van der Waals surface area contributed by atoms with Gasteiger partial charge in [0.15, 0.2) is 6.29 Å². The van der Waals surface area contributed by atoms with E-state index < -0.39 is 0 Å². The van der Waals surface area contributed by atoms with E-state index in [2.05, 4.69) is 15.2 Å². The van der Waals surface area contributed by atoms with E-state index in [0.29, 0.717) is 6.54 Å². The lowest BCUT2D eigenvalue weighted by molar-refractivity contribution is 0.112. The molecule has 0 radical (unpaired) electrons. The van der Waals surface area contributed by atoms with E-state index in [9.17, 15) is 4.79 Å². The Morgan fingerprint density at radius 3 is 3.00 bits per heavy atom. The number of hydrogen-bond donors (Lipinski definition) is 2. The molecule has 0 spiro atoms. The van der Waals surface area contributed by atoms with Crippen molar-refractivity contribution in [2.24, 2.45) is 5.73 Å². The van der Waals surface area contributed by atoms with Gasteiger partial charge in [-0.1, -0.05) is 0 Å². The van der Waals surface area contributed by atoms with Gasteiger partial charge in [0.1, 0.15) is 12.2 Å². The molecular formula is C12H16N4OS. The first-order chi connectivity index (χ1) is 8.77. The van der Waals surface area contributed by atoms with Gasteiger partial charge in [0.25, 0.3) is 0 Å². The first-order valence-electron chi connectivity index (χ1n) is 5.86. The third-order valence-corrected chi connectivity index (χ3v) is 4.09. The highest BCUT2D eigenvalue weighted by Gasteiger charge is 2.21. The molecule has 0 aromatic carbocycles. The maximum Gasteiger partial charge on any atom is 0.160 e. The van der Waals surface area contributed by atoms with Crippen LogP contribution in [0.15, 0.2) is 11.7 Å². The molecule has 0 saturated heterocycles. The van der Waals surface area contributed by atoms with Gasteiger partial charge in [0.05, 0.1) is 4.88 Å². The Labute approximate surface area is 109 Å². The Balaban J connectivity index is 2.33. The number of nitrogens with zero attached hydrogens (tertiary/aromatic N) is 2. The summed E-state index contributed by atoms with van der Waals surface area (Å²) >= 11 is 1.47. The molecule has 0 saturated carbocycles. The van der Waals surface area contributed by atoms with Gasteiger partial charge in [-0.15, -0.1) is 11.3 Å². The van der Waals surface area contributed by atoms with E-state index in [4.69, 9.17) is 5.73 Å². The molecule has 0 aliphatic heterocycles. The number of H-pyrrole nitrogens is 1. The maximum absolute atomic E-state index is 10.9. The summed E-state index contributed by atoms with van der Waals surface area (Å²) in [7, 11) is 0. The van der Waals surface area contributed by atoms with Crippen molar-refractivity contribution in [2.45, 2.75) is 25.7 Å². The van der Waals surface area contributed by atoms with E-state index in [0.717, 1.165) is 41.0 Å². The highest BCUT2D eigenvalue weighted by Crippen LogP contribution is 2.33. The minimum atomic E-state index is 0.140. The van der Waals surface area contributed by atoms with Crippen molar-refractivity contribution in [3.8, 4) is 0 Å². The van der Waals surface area contributed by atoms with Crippen molar-refractivity contribution in [1.29, 1.82) is 0 Å². The second kappa shape index (κ2) is 5.88. The molecule has 0 amide bonds. The fourth-order valence-corrected chi connectivity index (χ4v) is 3.00. The van der Waals surface area contributed by atoms with Crippen molar-refractivity contribution in [3.63, 3.8) is 0 Å². The second-order valence-corrected chi connectivity index (χ2v) is 5.06. The Hall–Kier alpha value is -1.53. The summed E-state index contributed by atoms with van der Waals surface area (Å²) in [6, 6.07) is 0. The number of aromatic amines is 1. The average Bonchev–Trinajstić information content (AvgIpc) is 3.01. The van der Waals surface area contributed by atoms with Gasteiger partial charge in [0, 0.05) is 5.92 Å². The van der Waals surface area contributed by atoms with Crippen molar-refractivity contribution < 1.29 is 4.79 Å². The smallest absolute Gasteiger partial charge is 0.160 e. The van der Waals surface area contributed by atoms with Gasteiger partial charge in [-0.25, -0.2) is 4.98 Å². The van der Waals surface area contributed by atoms with Crippen LogP contribution in [0.3, 0.4) is 0 Å². The molecule has 1 unspecified atom stereocenters. The van der Waals surface area contributed by atoms with Gasteiger partial charge >= 0.3 is 0 Å². The van der Waals surface area contributed by atoms with Crippen LogP contribution < -0.4 is 5.73 Å². The fourth-order valence-electron chi connectivity index (χ4n) is 2.05. The van der Waals surface area contributed by atoms with Gasteiger partial charge in [0.2, 0.25) is 0 Å². The van der Waals surface area contributed by atoms with Crippen molar-refractivity contribution >= 4 is 17.6 Å². The molecule has 2 heterocycles. The zero-order valence-corrected chi connectivity index (χ0v) is 11.0. The van der Waals surface area contributed by atoms with E-state index >= 15 is 0 Å². The number of carbonyl (C=O) groups is 1. The number of rotatable bonds is 6. The first-order valence-corrected chi connectivity index (χ1v) is 6.74. The molecule has 2 rings (SSSR count). The summed E-state index contributed by atoms with van der Waals surface area (Å²) in [6.07, 6.45) is 4.23. The van der Waals surface area contributed by atoms with Crippen LogP contribution in [-0.4, -0.2) is 28.0 Å². The SMILES string of the molecule is Cc1c(C(CCCN)c2ncn[nH]2)csc1C=O. The monoisotopic (exact) mass is 264 g/mol. The number of aldehydes is 1. The van der Waals surface area contributed by atoms with Crippen LogP contribution in [0.1, 0.15) is 45.4 Å². The minimum absolute atomic E-state index is 0.140. The number of hydrogen-bond acceptors (Lipinski definition) is 5. The molecule has 2 aromatic heterocycles. The highest BCUT2D eigenvalue weighted by molar-refractivity contribution is 7.12. The van der Waals surface area contributed by atoms with Crippen LogP contribution >= 0.6 is 11.3 Å². The van der Waals surface area contributed by atoms with Gasteiger partial charge in [-0.2, -0.15) is 5.10 Å². The molecule has 0 fully saturated rings. The normalized spacial score (nSPS) is 12.6. The summed E-state index contributed by atoms with van der Waals surface area (Å²) in [5.74, 6) is 0.975. The number of carbonyl (C=O) groups excluding carboxylic acids is 1. The standard InChI is InChI=1S/C12H16N4OS/c1-8-10(6-18-11(8)5-17)9(3-2-4-13)12-14-7-15-16-12/h5-7,9H,2-4,13H2,1H3,(H,14,15,16). The molecule has 96 valence electrons. The molecule has 18 heavy (non-hydrogen) atoms. The quantitative estimate of drug-likeness (QED) is 0.780.